The Morgan fingerprint density at radius 2 is 1.00 bits per heavy atom. The molecule has 1 nitrogen and oxygen atoms in total. The molecule has 0 fully saturated rings. The van der Waals surface area contributed by atoms with Crippen LogP contribution in [0.2, 0.25) is 0 Å². The molecule has 0 aliphatic rings. The van der Waals surface area contributed by atoms with Crippen LogP contribution in [0.15, 0.2) is 133 Å². The first-order valence-electron chi connectivity index (χ1n) is 12.4. The number of halogens is 3. The Bertz CT molecular complexity index is 1340. The van der Waals surface area contributed by atoms with Gasteiger partial charge in [0.15, 0.2) is 11.6 Å². The van der Waals surface area contributed by atoms with Crippen molar-refractivity contribution in [2.75, 3.05) is 6.16 Å². The fraction of sp³-hybridized carbons (Fsp3) is 0.0909. The standard InChI is InChI=1S/C33H28F2OP.HI/c34-31-21-22-32(36-25-26-13-5-1-6-14-26)30(33(31)35)23-24-37(27-15-7-2-8-16-27,28-17-9-3-10-18-28)29-19-11-4-12-20-29;/h1-22H,23-25H2;1H/q+1;/p-1. The second kappa shape index (κ2) is 13.1. The maximum atomic E-state index is 15.3. The summed E-state index contributed by atoms with van der Waals surface area (Å²) in [4.78, 5) is 0. The third-order valence-corrected chi connectivity index (χ3v) is 11.1. The van der Waals surface area contributed by atoms with Gasteiger partial charge < -0.3 is 28.7 Å². The van der Waals surface area contributed by atoms with E-state index in [4.69, 9.17) is 4.74 Å². The van der Waals surface area contributed by atoms with E-state index in [0.29, 0.717) is 18.3 Å². The van der Waals surface area contributed by atoms with Gasteiger partial charge in [0.2, 0.25) is 0 Å². The van der Waals surface area contributed by atoms with Crippen molar-refractivity contribution >= 4 is 23.2 Å². The largest absolute Gasteiger partial charge is 1.00 e. The summed E-state index contributed by atoms with van der Waals surface area (Å²) in [5, 5.41) is 3.61. The zero-order valence-electron chi connectivity index (χ0n) is 20.8. The number of benzene rings is 5. The van der Waals surface area contributed by atoms with Gasteiger partial charge in [0.25, 0.3) is 0 Å². The molecule has 0 saturated carbocycles. The predicted octanol–water partition coefficient (Wildman–Crippen LogP) is 4.08. The molecule has 38 heavy (non-hydrogen) atoms. The summed E-state index contributed by atoms with van der Waals surface area (Å²) in [6.45, 7) is 0.287. The van der Waals surface area contributed by atoms with Gasteiger partial charge in [-0.2, -0.15) is 0 Å². The van der Waals surface area contributed by atoms with E-state index in [1.807, 2.05) is 84.9 Å². The van der Waals surface area contributed by atoms with Crippen LogP contribution in [0.4, 0.5) is 8.78 Å². The monoisotopic (exact) mass is 636 g/mol. The molecule has 0 spiro atoms. The van der Waals surface area contributed by atoms with Crippen molar-refractivity contribution < 1.29 is 37.5 Å². The van der Waals surface area contributed by atoms with Crippen molar-refractivity contribution in [3.63, 3.8) is 0 Å². The molecule has 0 aliphatic heterocycles. The smallest absolute Gasteiger partial charge is 0.165 e. The minimum Gasteiger partial charge on any atom is -1.00 e. The van der Waals surface area contributed by atoms with Gasteiger partial charge in [-0.1, -0.05) is 84.9 Å². The summed E-state index contributed by atoms with van der Waals surface area (Å²) >= 11 is 0. The summed E-state index contributed by atoms with van der Waals surface area (Å²) in [7, 11) is -2.20. The van der Waals surface area contributed by atoms with Crippen LogP contribution in [0.1, 0.15) is 11.1 Å². The van der Waals surface area contributed by atoms with Crippen LogP contribution in [0.5, 0.6) is 5.75 Å². The lowest BCUT2D eigenvalue weighted by Crippen LogP contribution is -3.00. The molecule has 5 aromatic carbocycles. The van der Waals surface area contributed by atoms with E-state index in [-0.39, 0.29) is 36.1 Å². The minimum atomic E-state index is -2.20. The first kappa shape index (κ1) is 27.9. The van der Waals surface area contributed by atoms with Crippen molar-refractivity contribution in [1.29, 1.82) is 0 Å². The molecule has 0 aliphatic carbocycles. The third-order valence-electron chi connectivity index (χ3n) is 6.68. The van der Waals surface area contributed by atoms with Crippen molar-refractivity contribution in [2.24, 2.45) is 0 Å². The summed E-state index contributed by atoms with van der Waals surface area (Å²) < 4.78 is 35.9. The van der Waals surface area contributed by atoms with Gasteiger partial charge in [0, 0.05) is 12.0 Å². The maximum Gasteiger partial charge on any atom is 0.165 e. The van der Waals surface area contributed by atoms with E-state index in [0.717, 1.165) is 11.6 Å². The molecule has 192 valence electrons. The van der Waals surface area contributed by atoms with Gasteiger partial charge in [-0.05, 0) is 54.1 Å². The van der Waals surface area contributed by atoms with E-state index < -0.39 is 18.9 Å². The van der Waals surface area contributed by atoms with Gasteiger partial charge >= 0.3 is 0 Å². The van der Waals surface area contributed by atoms with Gasteiger partial charge in [-0.3, -0.25) is 0 Å². The van der Waals surface area contributed by atoms with Gasteiger partial charge in [-0.15, -0.1) is 0 Å². The van der Waals surface area contributed by atoms with Gasteiger partial charge in [-0.25, -0.2) is 8.78 Å². The number of hydrogen-bond acceptors (Lipinski definition) is 1. The Morgan fingerprint density at radius 3 is 1.47 bits per heavy atom. The first-order chi connectivity index (χ1) is 18.2. The lowest BCUT2D eigenvalue weighted by molar-refractivity contribution is -0.00000857. The molecule has 5 heteroatoms. The molecule has 5 aromatic rings. The molecule has 0 N–H and O–H groups in total. The molecule has 0 atom stereocenters. The predicted molar refractivity (Wildman–Crippen MR) is 151 cm³/mol. The molecule has 0 saturated heterocycles. The van der Waals surface area contributed by atoms with Crippen LogP contribution in [-0.2, 0) is 13.0 Å². The Kier molecular flexibility index (Phi) is 9.65. The van der Waals surface area contributed by atoms with Crippen molar-refractivity contribution in [3.8, 4) is 5.75 Å². The molecule has 0 unspecified atom stereocenters. The molecule has 0 radical (unpaired) electrons. The molecule has 0 heterocycles. The molecule has 0 bridgehead atoms. The van der Waals surface area contributed by atoms with Crippen molar-refractivity contribution in [3.05, 3.63) is 156 Å². The fourth-order valence-corrected chi connectivity index (χ4v) is 9.11. The van der Waals surface area contributed by atoms with E-state index in [9.17, 15) is 4.39 Å². The average Bonchev–Trinajstić information content (AvgIpc) is 2.97. The highest BCUT2D eigenvalue weighted by atomic mass is 127. The van der Waals surface area contributed by atoms with Crippen LogP contribution in [0.25, 0.3) is 0 Å². The van der Waals surface area contributed by atoms with Gasteiger partial charge in [0.1, 0.15) is 35.5 Å². The van der Waals surface area contributed by atoms with Crippen molar-refractivity contribution in [2.45, 2.75) is 13.0 Å². The first-order valence-corrected chi connectivity index (χ1v) is 14.3. The lowest BCUT2D eigenvalue weighted by Gasteiger charge is -2.28. The molecule has 0 amide bonds. The third kappa shape index (κ3) is 5.98. The van der Waals surface area contributed by atoms with E-state index >= 15 is 4.39 Å². The summed E-state index contributed by atoms with van der Waals surface area (Å²) in [6, 6.07) is 43.7. The molecular weight excluding hydrogens is 608 g/mol. The quantitative estimate of drug-likeness (QED) is 0.175. The summed E-state index contributed by atoms with van der Waals surface area (Å²) in [6.07, 6.45) is 0.966. The molecular formula is C33H28F2IOP. The highest BCUT2D eigenvalue weighted by molar-refractivity contribution is 7.95. The highest BCUT2D eigenvalue weighted by Gasteiger charge is 2.45. The van der Waals surface area contributed by atoms with Crippen LogP contribution in [0.3, 0.4) is 0 Å². The summed E-state index contributed by atoms with van der Waals surface area (Å²) in [5.74, 6) is -1.31. The van der Waals surface area contributed by atoms with Crippen LogP contribution in [-0.4, -0.2) is 6.16 Å². The van der Waals surface area contributed by atoms with Gasteiger partial charge in [0.05, 0.1) is 6.16 Å². The summed E-state index contributed by atoms with van der Waals surface area (Å²) in [5.41, 5.74) is 1.25. The Hall–Kier alpha value is -3.08. The molecule has 5 rings (SSSR count). The van der Waals surface area contributed by atoms with Crippen LogP contribution in [0, 0.1) is 11.6 Å². The van der Waals surface area contributed by atoms with E-state index in [1.54, 1.807) is 6.07 Å². The van der Waals surface area contributed by atoms with Crippen LogP contribution < -0.4 is 44.6 Å². The Balaban J connectivity index is 0.00000336. The van der Waals surface area contributed by atoms with E-state index in [1.165, 1.54) is 15.9 Å². The number of hydrogen-bond donors (Lipinski definition) is 0. The van der Waals surface area contributed by atoms with Crippen molar-refractivity contribution in [1.82, 2.24) is 0 Å². The molecule has 0 aromatic heterocycles. The normalized spacial score (nSPS) is 11.0. The average molecular weight is 636 g/mol. The van der Waals surface area contributed by atoms with Crippen LogP contribution >= 0.6 is 7.26 Å². The highest BCUT2D eigenvalue weighted by Crippen LogP contribution is 2.56. The second-order valence-electron chi connectivity index (χ2n) is 8.90. The zero-order chi connectivity index (χ0) is 25.5. The maximum absolute atomic E-state index is 15.3. The van der Waals surface area contributed by atoms with E-state index in [2.05, 4.69) is 36.4 Å². The zero-order valence-corrected chi connectivity index (χ0v) is 23.9. The minimum absolute atomic E-state index is 0. The SMILES string of the molecule is Fc1ccc(OCc2ccccc2)c(CC[P+](c2ccccc2)(c2ccccc2)c2ccccc2)c1F.[I-]. The number of rotatable bonds is 9. The fourth-order valence-electron chi connectivity index (χ4n) is 4.84. The Morgan fingerprint density at radius 1 is 0.553 bits per heavy atom. The second-order valence-corrected chi connectivity index (χ2v) is 12.5. The number of ether oxygens (including phenoxy) is 1. The lowest BCUT2D eigenvalue weighted by atomic mass is 10.1. The Labute approximate surface area is 240 Å². The topological polar surface area (TPSA) is 9.23 Å².